The Balaban J connectivity index is 2.24. The SMILES string of the molecule is Cc1ccc(C)c(CC(Br)c2ccccc2Cl)c1. The molecular formula is C16H16BrCl. The van der Waals surface area contributed by atoms with Crippen LogP contribution in [0.3, 0.4) is 0 Å². The zero-order valence-electron chi connectivity index (χ0n) is 10.6. The topological polar surface area (TPSA) is 0 Å². The third kappa shape index (κ3) is 3.15. The van der Waals surface area contributed by atoms with Crippen LogP contribution in [0.25, 0.3) is 0 Å². The number of alkyl halides is 1. The highest BCUT2D eigenvalue weighted by Crippen LogP contribution is 2.32. The Hall–Kier alpha value is -0.790. The van der Waals surface area contributed by atoms with Crippen molar-refractivity contribution >= 4 is 27.5 Å². The van der Waals surface area contributed by atoms with E-state index in [9.17, 15) is 0 Å². The van der Waals surface area contributed by atoms with Gasteiger partial charge in [-0.3, -0.25) is 0 Å². The van der Waals surface area contributed by atoms with E-state index in [0.717, 1.165) is 17.0 Å². The first-order valence-electron chi connectivity index (χ1n) is 6.02. The van der Waals surface area contributed by atoms with Crippen molar-refractivity contribution in [2.24, 2.45) is 0 Å². The average Bonchev–Trinajstić information content (AvgIpc) is 2.34. The number of aryl methyl sites for hydroxylation is 2. The molecule has 0 aliphatic rings. The summed E-state index contributed by atoms with van der Waals surface area (Å²) in [4.78, 5) is 0.256. The van der Waals surface area contributed by atoms with E-state index in [1.54, 1.807) is 0 Å². The molecule has 0 nitrogen and oxygen atoms in total. The average molecular weight is 324 g/mol. The van der Waals surface area contributed by atoms with Gasteiger partial charge in [0.25, 0.3) is 0 Å². The summed E-state index contributed by atoms with van der Waals surface area (Å²) in [6.07, 6.45) is 0.956. The predicted molar refractivity (Wildman–Crippen MR) is 82.7 cm³/mol. The lowest BCUT2D eigenvalue weighted by atomic mass is 9.99. The fourth-order valence-corrected chi connectivity index (χ4v) is 3.20. The van der Waals surface area contributed by atoms with Crippen molar-refractivity contribution in [1.29, 1.82) is 0 Å². The molecule has 2 rings (SSSR count). The van der Waals surface area contributed by atoms with Crippen LogP contribution >= 0.6 is 27.5 Å². The van der Waals surface area contributed by atoms with E-state index in [2.05, 4.69) is 54.0 Å². The number of hydrogen-bond donors (Lipinski definition) is 0. The first-order valence-corrected chi connectivity index (χ1v) is 7.32. The number of hydrogen-bond acceptors (Lipinski definition) is 0. The maximum absolute atomic E-state index is 6.23. The van der Waals surface area contributed by atoms with Gasteiger partial charge in [-0.2, -0.15) is 0 Å². The van der Waals surface area contributed by atoms with E-state index < -0.39 is 0 Å². The van der Waals surface area contributed by atoms with Gasteiger partial charge in [0.2, 0.25) is 0 Å². The van der Waals surface area contributed by atoms with Crippen molar-refractivity contribution in [2.75, 3.05) is 0 Å². The van der Waals surface area contributed by atoms with Crippen LogP contribution < -0.4 is 0 Å². The summed E-state index contributed by atoms with van der Waals surface area (Å²) in [5, 5.41) is 0.824. The van der Waals surface area contributed by atoms with Gasteiger partial charge in [0, 0.05) is 9.85 Å². The van der Waals surface area contributed by atoms with Crippen LogP contribution in [0.4, 0.5) is 0 Å². The van der Waals surface area contributed by atoms with Crippen molar-refractivity contribution in [3.8, 4) is 0 Å². The Morgan fingerprint density at radius 2 is 1.83 bits per heavy atom. The highest BCUT2D eigenvalue weighted by molar-refractivity contribution is 9.09. The van der Waals surface area contributed by atoms with Gasteiger partial charge in [-0.15, -0.1) is 0 Å². The van der Waals surface area contributed by atoms with E-state index >= 15 is 0 Å². The molecule has 1 unspecified atom stereocenters. The highest BCUT2D eigenvalue weighted by atomic mass is 79.9. The van der Waals surface area contributed by atoms with Gasteiger partial charge in [-0.1, -0.05) is 69.5 Å². The van der Waals surface area contributed by atoms with Gasteiger partial charge in [0.1, 0.15) is 0 Å². The first kappa shape index (κ1) is 13.6. The van der Waals surface area contributed by atoms with Crippen LogP contribution in [0.2, 0.25) is 5.02 Å². The second-order valence-electron chi connectivity index (χ2n) is 4.62. The zero-order valence-corrected chi connectivity index (χ0v) is 12.9. The monoisotopic (exact) mass is 322 g/mol. The van der Waals surface area contributed by atoms with Gasteiger partial charge in [0.05, 0.1) is 0 Å². The molecule has 2 aromatic carbocycles. The molecule has 0 spiro atoms. The quantitative estimate of drug-likeness (QED) is 0.642. The Morgan fingerprint density at radius 1 is 1.11 bits per heavy atom. The largest absolute Gasteiger partial charge is 0.0840 e. The molecule has 2 heteroatoms. The van der Waals surface area contributed by atoms with Crippen LogP contribution in [0.15, 0.2) is 42.5 Å². The lowest BCUT2D eigenvalue weighted by molar-refractivity contribution is 0.936. The molecule has 0 saturated heterocycles. The second-order valence-corrected chi connectivity index (χ2v) is 6.14. The van der Waals surface area contributed by atoms with Crippen LogP contribution in [0.5, 0.6) is 0 Å². The van der Waals surface area contributed by atoms with Crippen LogP contribution in [-0.4, -0.2) is 0 Å². The lowest BCUT2D eigenvalue weighted by Gasteiger charge is -2.14. The normalized spacial score (nSPS) is 12.4. The molecule has 0 aliphatic heterocycles. The van der Waals surface area contributed by atoms with Gasteiger partial charge in [0.15, 0.2) is 0 Å². The minimum atomic E-state index is 0.256. The van der Waals surface area contributed by atoms with E-state index in [-0.39, 0.29) is 4.83 Å². The van der Waals surface area contributed by atoms with E-state index in [4.69, 9.17) is 11.6 Å². The molecule has 0 aromatic heterocycles. The predicted octanol–water partition coefficient (Wildman–Crippen LogP) is 5.64. The van der Waals surface area contributed by atoms with E-state index in [1.807, 2.05) is 18.2 Å². The molecule has 0 radical (unpaired) electrons. The third-order valence-corrected chi connectivity index (χ3v) is 4.31. The molecule has 0 saturated carbocycles. The Labute approximate surface area is 122 Å². The van der Waals surface area contributed by atoms with Crippen molar-refractivity contribution in [1.82, 2.24) is 0 Å². The van der Waals surface area contributed by atoms with Gasteiger partial charge >= 0.3 is 0 Å². The Bertz CT molecular complexity index is 549. The molecule has 94 valence electrons. The van der Waals surface area contributed by atoms with Crippen molar-refractivity contribution in [2.45, 2.75) is 25.1 Å². The zero-order chi connectivity index (χ0) is 13.1. The maximum Gasteiger partial charge on any atom is 0.0450 e. The van der Waals surface area contributed by atoms with Crippen molar-refractivity contribution in [3.05, 3.63) is 69.7 Å². The summed E-state index contributed by atoms with van der Waals surface area (Å²) in [7, 11) is 0. The molecule has 2 aromatic rings. The fourth-order valence-electron chi connectivity index (χ4n) is 2.05. The molecule has 0 N–H and O–H groups in total. The lowest BCUT2D eigenvalue weighted by Crippen LogP contribution is -1.98. The van der Waals surface area contributed by atoms with Gasteiger partial charge < -0.3 is 0 Å². The maximum atomic E-state index is 6.23. The fraction of sp³-hybridized carbons (Fsp3) is 0.250. The minimum absolute atomic E-state index is 0.256. The van der Waals surface area contributed by atoms with E-state index in [0.29, 0.717) is 0 Å². The molecule has 0 aliphatic carbocycles. The van der Waals surface area contributed by atoms with Crippen LogP contribution in [0.1, 0.15) is 27.1 Å². The molecule has 0 amide bonds. The molecular weight excluding hydrogens is 308 g/mol. The summed E-state index contributed by atoms with van der Waals surface area (Å²) in [5.41, 5.74) is 5.16. The number of benzene rings is 2. The summed E-state index contributed by atoms with van der Waals surface area (Å²) >= 11 is 9.97. The highest BCUT2D eigenvalue weighted by Gasteiger charge is 2.12. The number of halogens is 2. The third-order valence-electron chi connectivity index (χ3n) is 3.15. The molecule has 18 heavy (non-hydrogen) atoms. The molecule has 1 atom stereocenters. The van der Waals surface area contributed by atoms with Crippen LogP contribution in [0, 0.1) is 13.8 Å². The van der Waals surface area contributed by atoms with Gasteiger partial charge in [-0.25, -0.2) is 0 Å². The van der Waals surface area contributed by atoms with E-state index in [1.165, 1.54) is 16.7 Å². The summed E-state index contributed by atoms with van der Waals surface area (Å²) in [5.74, 6) is 0. The first-order chi connectivity index (χ1) is 8.58. The second kappa shape index (κ2) is 5.90. The Morgan fingerprint density at radius 3 is 2.56 bits per heavy atom. The Kier molecular flexibility index (Phi) is 4.47. The van der Waals surface area contributed by atoms with Crippen molar-refractivity contribution < 1.29 is 0 Å². The standard InChI is InChI=1S/C16H16BrCl/c1-11-7-8-12(2)13(9-11)10-15(17)14-5-3-4-6-16(14)18/h3-9,15H,10H2,1-2H3. The summed E-state index contributed by atoms with van der Waals surface area (Å²) in [6.45, 7) is 4.28. The molecule has 0 heterocycles. The van der Waals surface area contributed by atoms with Crippen molar-refractivity contribution in [3.63, 3.8) is 0 Å². The van der Waals surface area contributed by atoms with Gasteiger partial charge in [-0.05, 0) is 43.0 Å². The minimum Gasteiger partial charge on any atom is -0.0840 e. The number of rotatable bonds is 3. The summed E-state index contributed by atoms with van der Waals surface area (Å²) in [6, 6.07) is 14.6. The summed E-state index contributed by atoms with van der Waals surface area (Å²) < 4.78 is 0. The smallest absolute Gasteiger partial charge is 0.0450 e. The molecule has 0 fully saturated rings. The molecule has 0 bridgehead atoms. The van der Waals surface area contributed by atoms with Crippen LogP contribution in [-0.2, 0) is 6.42 Å².